The minimum Gasteiger partial charge on any atom is -0.358 e. The van der Waals surface area contributed by atoms with E-state index in [9.17, 15) is 9.59 Å². The van der Waals surface area contributed by atoms with E-state index in [1.165, 1.54) is 7.05 Å². The average Bonchev–Trinajstić information content (AvgIpc) is 2.47. The maximum Gasteiger partial charge on any atom is 0.251 e. The Balaban J connectivity index is 2.17. The number of likely N-dealkylation sites (tertiary alicyclic amines) is 1. The molecule has 1 aromatic rings. The van der Waals surface area contributed by atoms with E-state index < -0.39 is 6.04 Å². The molecule has 1 saturated heterocycles. The maximum atomic E-state index is 12.0. The number of rotatable bonds is 4. The molecule has 1 aliphatic rings. The fourth-order valence-corrected chi connectivity index (χ4v) is 2.03. The van der Waals surface area contributed by atoms with Gasteiger partial charge in [0.15, 0.2) is 0 Å². The van der Waals surface area contributed by atoms with Crippen molar-refractivity contribution in [2.45, 2.75) is 32.2 Å². The molecule has 0 aromatic carbocycles. The fourth-order valence-electron chi connectivity index (χ4n) is 2.03. The minimum atomic E-state index is -0.456. The first-order valence-corrected chi connectivity index (χ1v) is 6.46. The monoisotopic (exact) mass is 278 g/mol. The molecular formula is C12H18N6O2. The second kappa shape index (κ2) is 5.83. The molecule has 2 amide bonds. The van der Waals surface area contributed by atoms with Gasteiger partial charge in [0.25, 0.3) is 5.91 Å². The van der Waals surface area contributed by atoms with Crippen LogP contribution in [0.1, 0.15) is 25.6 Å². The van der Waals surface area contributed by atoms with Crippen molar-refractivity contribution in [1.82, 2.24) is 14.9 Å². The van der Waals surface area contributed by atoms with Crippen LogP contribution >= 0.6 is 0 Å². The van der Waals surface area contributed by atoms with Gasteiger partial charge in [-0.3, -0.25) is 14.5 Å². The molecule has 1 atom stereocenters. The summed E-state index contributed by atoms with van der Waals surface area (Å²) in [4.78, 5) is 33.1. The highest BCUT2D eigenvalue weighted by Gasteiger charge is 2.31. The van der Waals surface area contributed by atoms with Crippen molar-refractivity contribution < 1.29 is 9.59 Å². The van der Waals surface area contributed by atoms with Crippen molar-refractivity contribution >= 4 is 23.5 Å². The normalized spacial score (nSPS) is 19.1. The van der Waals surface area contributed by atoms with E-state index in [1.54, 1.807) is 6.07 Å². The number of nitrogen functional groups attached to an aromatic ring is 1. The third-order valence-corrected chi connectivity index (χ3v) is 3.21. The Morgan fingerprint density at radius 2 is 2.10 bits per heavy atom. The second-order valence-corrected chi connectivity index (χ2v) is 4.58. The number of nitrogens with one attached hydrogen (secondary N) is 2. The van der Waals surface area contributed by atoms with Gasteiger partial charge in [-0.05, 0) is 6.42 Å². The number of hydrogen-bond donors (Lipinski definition) is 3. The molecular weight excluding hydrogens is 260 g/mol. The Labute approximate surface area is 116 Å². The molecule has 1 unspecified atom stereocenters. The minimum absolute atomic E-state index is 0.158. The van der Waals surface area contributed by atoms with E-state index in [2.05, 4.69) is 20.7 Å². The number of piperidine rings is 1. The molecule has 0 aliphatic carbocycles. The van der Waals surface area contributed by atoms with Crippen molar-refractivity contribution in [3.63, 3.8) is 0 Å². The highest BCUT2D eigenvalue weighted by molar-refractivity contribution is 6.01. The predicted molar refractivity (Wildman–Crippen MR) is 73.6 cm³/mol. The van der Waals surface area contributed by atoms with E-state index in [4.69, 9.17) is 5.84 Å². The average molecular weight is 278 g/mol. The Morgan fingerprint density at radius 1 is 1.40 bits per heavy atom. The van der Waals surface area contributed by atoms with E-state index in [-0.39, 0.29) is 11.8 Å². The zero-order valence-corrected chi connectivity index (χ0v) is 11.5. The van der Waals surface area contributed by atoms with Crippen LogP contribution in [0.3, 0.4) is 0 Å². The van der Waals surface area contributed by atoms with Crippen molar-refractivity contribution in [3.05, 3.63) is 11.9 Å². The highest BCUT2D eigenvalue weighted by Crippen LogP contribution is 2.18. The largest absolute Gasteiger partial charge is 0.358 e. The first-order chi connectivity index (χ1) is 9.55. The summed E-state index contributed by atoms with van der Waals surface area (Å²) >= 11 is 0. The van der Waals surface area contributed by atoms with Gasteiger partial charge in [-0.1, -0.05) is 6.92 Å². The van der Waals surface area contributed by atoms with Gasteiger partial charge in [0.1, 0.15) is 23.5 Å². The zero-order chi connectivity index (χ0) is 14.7. The van der Waals surface area contributed by atoms with Gasteiger partial charge in [0.05, 0.1) is 0 Å². The topological polar surface area (TPSA) is 113 Å². The van der Waals surface area contributed by atoms with Gasteiger partial charge in [-0.15, -0.1) is 0 Å². The van der Waals surface area contributed by atoms with Gasteiger partial charge in [-0.25, -0.2) is 15.8 Å². The van der Waals surface area contributed by atoms with Crippen LogP contribution in [0.25, 0.3) is 0 Å². The Kier molecular flexibility index (Phi) is 4.14. The van der Waals surface area contributed by atoms with Crippen LogP contribution in [0.15, 0.2) is 6.07 Å². The number of nitrogens with two attached hydrogens (primary N) is 1. The number of aromatic nitrogens is 2. The number of carbonyl (C=O) groups excluding carboxylic acids is 2. The Bertz CT molecular complexity index is 510. The van der Waals surface area contributed by atoms with E-state index in [0.717, 1.165) is 4.90 Å². The van der Waals surface area contributed by atoms with Crippen LogP contribution in [0.4, 0.5) is 11.6 Å². The van der Waals surface area contributed by atoms with E-state index in [1.807, 2.05) is 6.92 Å². The summed E-state index contributed by atoms with van der Waals surface area (Å²) in [6.07, 6.45) is 1.45. The number of amides is 2. The maximum absolute atomic E-state index is 12.0. The lowest BCUT2D eigenvalue weighted by molar-refractivity contribution is -0.146. The van der Waals surface area contributed by atoms with Crippen LogP contribution < -0.4 is 16.6 Å². The molecule has 20 heavy (non-hydrogen) atoms. The lowest BCUT2D eigenvalue weighted by atomic mass is 10.0. The van der Waals surface area contributed by atoms with Gasteiger partial charge < -0.3 is 10.7 Å². The fraction of sp³-hybridized carbons (Fsp3) is 0.500. The van der Waals surface area contributed by atoms with Crippen LogP contribution in [-0.2, 0) is 16.0 Å². The molecule has 1 aliphatic heterocycles. The van der Waals surface area contributed by atoms with Crippen molar-refractivity contribution in [3.8, 4) is 0 Å². The quantitative estimate of drug-likeness (QED) is 0.400. The zero-order valence-electron chi connectivity index (χ0n) is 11.5. The van der Waals surface area contributed by atoms with E-state index in [0.29, 0.717) is 36.7 Å². The number of hydrazine groups is 1. The van der Waals surface area contributed by atoms with Gasteiger partial charge in [0.2, 0.25) is 5.91 Å². The lowest BCUT2D eigenvalue weighted by Crippen LogP contribution is -2.48. The molecule has 0 saturated carbocycles. The molecule has 1 fully saturated rings. The third kappa shape index (κ3) is 2.85. The Hall–Kier alpha value is -2.22. The molecule has 2 rings (SSSR count). The van der Waals surface area contributed by atoms with Gasteiger partial charge in [0, 0.05) is 26.0 Å². The molecule has 0 spiro atoms. The number of hydrogen-bond acceptors (Lipinski definition) is 7. The number of nitrogens with zero attached hydrogens (tertiary/aromatic N) is 3. The van der Waals surface area contributed by atoms with Crippen LogP contribution in [-0.4, -0.2) is 39.8 Å². The summed E-state index contributed by atoms with van der Waals surface area (Å²) in [7, 11) is 1.49. The van der Waals surface area contributed by atoms with Crippen LogP contribution in [0.2, 0.25) is 0 Å². The molecule has 108 valence electrons. The summed E-state index contributed by atoms with van der Waals surface area (Å²) in [6, 6.07) is 1.17. The third-order valence-electron chi connectivity index (χ3n) is 3.21. The molecule has 8 nitrogen and oxygen atoms in total. The van der Waals surface area contributed by atoms with Crippen LogP contribution in [0, 0.1) is 0 Å². The van der Waals surface area contributed by atoms with Crippen LogP contribution in [0.5, 0.6) is 0 Å². The summed E-state index contributed by atoms with van der Waals surface area (Å²) in [5.41, 5.74) is 2.47. The molecule has 4 N–H and O–H groups in total. The standard InChI is InChI=1S/C12H18N6O2/c1-3-8-15-9(6-10(16-8)17-13)14-7-4-5-11(19)18(2)12(7)20/h6-7H,3-5,13H2,1-2H3,(H2,14,15,16,17). The second-order valence-electron chi connectivity index (χ2n) is 4.58. The molecule has 1 aromatic heterocycles. The van der Waals surface area contributed by atoms with E-state index >= 15 is 0 Å². The van der Waals surface area contributed by atoms with Crippen molar-refractivity contribution in [1.29, 1.82) is 0 Å². The number of likely N-dealkylation sites (N-methyl/N-ethyl adjacent to an activating group) is 1. The first-order valence-electron chi connectivity index (χ1n) is 6.46. The molecule has 8 heteroatoms. The molecule has 0 radical (unpaired) electrons. The number of carbonyl (C=O) groups is 2. The summed E-state index contributed by atoms with van der Waals surface area (Å²) in [6.45, 7) is 1.93. The summed E-state index contributed by atoms with van der Waals surface area (Å²) in [5, 5.41) is 3.04. The smallest absolute Gasteiger partial charge is 0.251 e. The highest BCUT2D eigenvalue weighted by atomic mass is 16.2. The summed E-state index contributed by atoms with van der Waals surface area (Å²) in [5.74, 6) is 6.57. The lowest BCUT2D eigenvalue weighted by Gasteiger charge is -2.28. The van der Waals surface area contributed by atoms with Crippen molar-refractivity contribution in [2.75, 3.05) is 17.8 Å². The van der Waals surface area contributed by atoms with Gasteiger partial charge >= 0.3 is 0 Å². The SMILES string of the molecule is CCc1nc(NN)cc(NC2CCC(=O)N(C)C2=O)n1. The Morgan fingerprint density at radius 3 is 2.75 bits per heavy atom. The molecule has 0 bridgehead atoms. The first kappa shape index (κ1) is 14.2. The number of imide groups is 1. The number of anilines is 2. The number of aryl methyl sites for hydroxylation is 1. The van der Waals surface area contributed by atoms with Gasteiger partial charge in [-0.2, -0.15) is 0 Å². The van der Waals surface area contributed by atoms with Crippen molar-refractivity contribution in [2.24, 2.45) is 5.84 Å². The molecule has 2 heterocycles. The predicted octanol–water partition coefficient (Wildman–Crippen LogP) is -0.116. The summed E-state index contributed by atoms with van der Waals surface area (Å²) < 4.78 is 0.